The summed E-state index contributed by atoms with van der Waals surface area (Å²) in [4.78, 5) is 27.5. The van der Waals surface area contributed by atoms with E-state index in [0.717, 1.165) is 50.5 Å². The lowest BCUT2D eigenvalue weighted by Crippen LogP contribution is -2.55. The van der Waals surface area contributed by atoms with Gasteiger partial charge in [-0.3, -0.25) is 9.69 Å². The highest BCUT2D eigenvalue weighted by molar-refractivity contribution is 5.74. The highest BCUT2D eigenvalue weighted by Crippen LogP contribution is 2.46. The fourth-order valence-corrected chi connectivity index (χ4v) is 4.57. The van der Waals surface area contributed by atoms with Crippen LogP contribution in [0.15, 0.2) is 0 Å². The van der Waals surface area contributed by atoms with Crippen molar-refractivity contribution in [2.75, 3.05) is 39.3 Å². The van der Waals surface area contributed by atoms with E-state index in [9.17, 15) is 9.59 Å². The Morgan fingerprint density at radius 2 is 1.74 bits per heavy atom. The number of carbonyl (C=O) groups excluding carboxylic acids is 2. The van der Waals surface area contributed by atoms with Crippen LogP contribution in [0.3, 0.4) is 0 Å². The van der Waals surface area contributed by atoms with Crippen LogP contribution < -0.4 is 10.6 Å². The summed E-state index contributed by atoms with van der Waals surface area (Å²) < 4.78 is 0. The van der Waals surface area contributed by atoms with Gasteiger partial charge in [0.05, 0.1) is 0 Å². The Kier molecular flexibility index (Phi) is 5.41. The third-order valence-electron chi connectivity index (χ3n) is 5.77. The first-order valence-electron chi connectivity index (χ1n) is 9.14. The summed E-state index contributed by atoms with van der Waals surface area (Å²) in [5.74, 6) is 1.89. The summed E-state index contributed by atoms with van der Waals surface area (Å²) in [6.45, 7) is 6.46. The van der Waals surface area contributed by atoms with Crippen LogP contribution in [0.4, 0.5) is 4.79 Å². The average Bonchev–Trinajstić information content (AvgIpc) is 3.17. The minimum Gasteiger partial charge on any atom is -0.356 e. The molecule has 23 heavy (non-hydrogen) atoms. The first-order chi connectivity index (χ1) is 11.1. The van der Waals surface area contributed by atoms with Crippen LogP contribution in [-0.2, 0) is 4.79 Å². The Hall–Kier alpha value is -1.30. The van der Waals surface area contributed by atoms with Gasteiger partial charge in [0, 0.05) is 52.2 Å². The Morgan fingerprint density at radius 3 is 2.35 bits per heavy atom. The van der Waals surface area contributed by atoms with Crippen LogP contribution in [0.25, 0.3) is 0 Å². The van der Waals surface area contributed by atoms with Gasteiger partial charge in [0.1, 0.15) is 0 Å². The van der Waals surface area contributed by atoms with E-state index in [2.05, 4.69) is 15.5 Å². The smallest absolute Gasteiger partial charge is 0.317 e. The van der Waals surface area contributed by atoms with Crippen molar-refractivity contribution in [1.29, 1.82) is 0 Å². The molecule has 1 heterocycles. The molecule has 130 valence electrons. The number of urea groups is 1. The summed E-state index contributed by atoms with van der Waals surface area (Å²) >= 11 is 0. The Balaban J connectivity index is 1.32. The Morgan fingerprint density at radius 1 is 1.00 bits per heavy atom. The molecule has 1 aliphatic heterocycles. The molecule has 1 saturated heterocycles. The molecule has 3 rings (SSSR count). The predicted molar refractivity (Wildman–Crippen MR) is 89.1 cm³/mol. The first kappa shape index (κ1) is 16.6. The quantitative estimate of drug-likeness (QED) is 0.743. The largest absolute Gasteiger partial charge is 0.356 e. The summed E-state index contributed by atoms with van der Waals surface area (Å²) in [7, 11) is 0. The van der Waals surface area contributed by atoms with Gasteiger partial charge in [-0.25, -0.2) is 4.79 Å². The van der Waals surface area contributed by atoms with Gasteiger partial charge in [-0.1, -0.05) is 6.42 Å². The zero-order chi connectivity index (χ0) is 16.2. The highest BCUT2D eigenvalue weighted by atomic mass is 16.2. The standard InChI is InChI=1S/C17H30N4O2/c1-13(22)18-5-2-6-19-17(23)21-9-7-20(8-10-21)16-12-14-3-4-15(16)11-14/h14-16H,2-12H2,1H3,(H,18,22)(H,19,23). The second-order valence-electron chi connectivity index (χ2n) is 7.33. The predicted octanol–water partition coefficient (Wildman–Crippen LogP) is 1.03. The van der Waals surface area contributed by atoms with Crippen molar-refractivity contribution in [3.63, 3.8) is 0 Å². The van der Waals surface area contributed by atoms with E-state index in [0.29, 0.717) is 13.1 Å². The van der Waals surface area contributed by atoms with Crippen LogP contribution in [0.1, 0.15) is 39.0 Å². The van der Waals surface area contributed by atoms with Gasteiger partial charge in [-0.15, -0.1) is 0 Å². The lowest BCUT2D eigenvalue weighted by Gasteiger charge is -2.41. The molecule has 3 fully saturated rings. The van der Waals surface area contributed by atoms with E-state index in [-0.39, 0.29) is 11.9 Å². The van der Waals surface area contributed by atoms with Gasteiger partial charge >= 0.3 is 6.03 Å². The number of hydrogen-bond acceptors (Lipinski definition) is 3. The number of nitrogens with zero attached hydrogens (tertiary/aromatic N) is 2. The minimum atomic E-state index is -0.0203. The van der Waals surface area contributed by atoms with Crippen molar-refractivity contribution in [3.8, 4) is 0 Å². The maximum atomic E-state index is 12.2. The number of rotatable bonds is 5. The van der Waals surface area contributed by atoms with Gasteiger partial charge in [0.25, 0.3) is 0 Å². The van der Waals surface area contributed by atoms with Gasteiger partial charge in [0.15, 0.2) is 0 Å². The first-order valence-corrected chi connectivity index (χ1v) is 9.14. The van der Waals surface area contributed by atoms with Gasteiger partial charge in [0.2, 0.25) is 5.91 Å². The van der Waals surface area contributed by atoms with Crippen LogP contribution >= 0.6 is 0 Å². The summed E-state index contributed by atoms with van der Waals surface area (Å²) in [5, 5.41) is 5.69. The SMILES string of the molecule is CC(=O)NCCCNC(=O)N1CCN(C2CC3CCC2C3)CC1. The molecule has 3 aliphatic rings. The summed E-state index contributed by atoms with van der Waals surface area (Å²) in [6, 6.07) is 0.831. The van der Waals surface area contributed by atoms with Crippen LogP contribution in [0.2, 0.25) is 0 Å². The van der Waals surface area contributed by atoms with Crippen LogP contribution in [-0.4, -0.2) is 67.0 Å². The fourth-order valence-electron chi connectivity index (χ4n) is 4.57. The molecule has 3 amide bonds. The van der Waals surface area contributed by atoms with E-state index < -0.39 is 0 Å². The second-order valence-corrected chi connectivity index (χ2v) is 7.33. The Bertz CT molecular complexity index is 434. The number of fused-ring (bicyclic) bond motifs is 2. The topological polar surface area (TPSA) is 64.7 Å². The molecule has 2 N–H and O–H groups in total. The monoisotopic (exact) mass is 322 g/mol. The molecule has 0 radical (unpaired) electrons. The number of piperazine rings is 1. The van der Waals surface area contributed by atoms with Gasteiger partial charge < -0.3 is 15.5 Å². The molecule has 6 heteroatoms. The van der Waals surface area contributed by atoms with E-state index >= 15 is 0 Å². The van der Waals surface area contributed by atoms with Crippen molar-refractivity contribution in [2.24, 2.45) is 11.8 Å². The number of amides is 3. The van der Waals surface area contributed by atoms with Crippen molar-refractivity contribution in [2.45, 2.75) is 45.1 Å². The third kappa shape index (κ3) is 4.16. The lowest BCUT2D eigenvalue weighted by atomic mass is 9.93. The number of nitrogens with one attached hydrogen (secondary N) is 2. The molecule has 0 spiro atoms. The minimum absolute atomic E-state index is 0.0203. The average molecular weight is 322 g/mol. The molecule has 6 nitrogen and oxygen atoms in total. The number of hydrogen-bond donors (Lipinski definition) is 2. The highest BCUT2D eigenvalue weighted by Gasteiger charge is 2.42. The summed E-state index contributed by atoms with van der Waals surface area (Å²) in [6.07, 6.45) is 6.47. The van der Waals surface area contributed by atoms with Gasteiger partial charge in [-0.2, -0.15) is 0 Å². The molecular weight excluding hydrogens is 292 g/mol. The molecule has 0 aromatic heterocycles. The molecule has 2 bridgehead atoms. The van der Waals surface area contributed by atoms with Crippen LogP contribution in [0, 0.1) is 11.8 Å². The lowest BCUT2D eigenvalue weighted by molar-refractivity contribution is -0.118. The maximum absolute atomic E-state index is 12.2. The van der Waals surface area contributed by atoms with E-state index in [1.165, 1.54) is 32.6 Å². The van der Waals surface area contributed by atoms with Crippen molar-refractivity contribution < 1.29 is 9.59 Å². The molecule has 2 saturated carbocycles. The second kappa shape index (κ2) is 7.51. The van der Waals surface area contributed by atoms with E-state index in [1.807, 2.05) is 4.90 Å². The van der Waals surface area contributed by atoms with Crippen molar-refractivity contribution in [3.05, 3.63) is 0 Å². The molecular formula is C17H30N4O2. The van der Waals surface area contributed by atoms with E-state index in [1.54, 1.807) is 0 Å². The fraction of sp³-hybridized carbons (Fsp3) is 0.882. The number of carbonyl (C=O) groups is 2. The maximum Gasteiger partial charge on any atom is 0.317 e. The molecule has 0 aromatic rings. The van der Waals surface area contributed by atoms with E-state index in [4.69, 9.17) is 0 Å². The summed E-state index contributed by atoms with van der Waals surface area (Å²) in [5.41, 5.74) is 0. The van der Waals surface area contributed by atoms with Crippen molar-refractivity contribution >= 4 is 11.9 Å². The molecule has 3 atom stereocenters. The van der Waals surface area contributed by atoms with Crippen molar-refractivity contribution in [1.82, 2.24) is 20.4 Å². The molecule has 2 aliphatic carbocycles. The molecule has 3 unspecified atom stereocenters. The third-order valence-corrected chi connectivity index (χ3v) is 5.77. The van der Waals surface area contributed by atoms with Crippen LogP contribution in [0.5, 0.6) is 0 Å². The zero-order valence-corrected chi connectivity index (χ0v) is 14.2. The van der Waals surface area contributed by atoms with Gasteiger partial charge in [-0.05, 0) is 37.5 Å². The zero-order valence-electron chi connectivity index (χ0n) is 14.2. The Labute approximate surface area is 139 Å². The molecule has 0 aromatic carbocycles. The normalized spacial score (nSPS) is 30.5.